The number of nitrogen functional groups attached to an aromatic ring is 2. The molecule has 2 rings (SSSR count). The molecule has 0 spiro atoms. The highest BCUT2D eigenvalue weighted by molar-refractivity contribution is 7.14. The van der Waals surface area contributed by atoms with Crippen molar-refractivity contribution in [3.63, 3.8) is 0 Å². The van der Waals surface area contributed by atoms with Gasteiger partial charge < -0.3 is 22.1 Å². The van der Waals surface area contributed by atoms with Crippen LogP contribution in [0.3, 0.4) is 0 Å². The summed E-state index contributed by atoms with van der Waals surface area (Å²) < 4.78 is 0. The number of amides is 2. The Hall–Kier alpha value is -2.06. The molecule has 8 heteroatoms. The van der Waals surface area contributed by atoms with Gasteiger partial charge in [-0.15, -0.1) is 22.7 Å². The molecule has 21 heavy (non-hydrogen) atoms. The van der Waals surface area contributed by atoms with Crippen LogP contribution >= 0.6 is 22.7 Å². The molecule has 2 aromatic heterocycles. The molecule has 2 aromatic rings. The van der Waals surface area contributed by atoms with Gasteiger partial charge in [-0.05, 0) is 29.8 Å². The monoisotopic (exact) mass is 324 g/mol. The number of carbonyl (C=O) groups excluding carboxylic acids is 2. The zero-order valence-electron chi connectivity index (χ0n) is 11.4. The van der Waals surface area contributed by atoms with Crippen molar-refractivity contribution < 1.29 is 9.59 Å². The number of hydrogen-bond acceptors (Lipinski definition) is 6. The molecular formula is C13H16N4O2S2. The van der Waals surface area contributed by atoms with E-state index in [-0.39, 0.29) is 17.9 Å². The van der Waals surface area contributed by atoms with Gasteiger partial charge in [0.25, 0.3) is 11.8 Å². The molecule has 0 saturated heterocycles. The van der Waals surface area contributed by atoms with Gasteiger partial charge in [0.15, 0.2) is 0 Å². The molecule has 1 atom stereocenters. The van der Waals surface area contributed by atoms with E-state index >= 15 is 0 Å². The SMILES string of the molecule is C[C@H](CNC(=O)c1ccsc1N)NC(=O)c1ccsc1N. The molecule has 0 unspecified atom stereocenters. The molecule has 112 valence electrons. The van der Waals surface area contributed by atoms with Crippen LogP contribution in [0.4, 0.5) is 10.0 Å². The third-order valence-electron chi connectivity index (χ3n) is 2.83. The number of rotatable bonds is 5. The van der Waals surface area contributed by atoms with Gasteiger partial charge in [-0.1, -0.05) is 0 Å². The van der Waals surface area contributed by atoms with Crippen molar-refractivity contribution in [1.29, 1.82) is 0 Å². The van der Waals surface area contributed by atoms with Crippen molar-refractivity contribution in [3.8, 4) is 0 Å². The summed E-state index contributed by atoms with van der Waals surface area (Å²) in [4.78, 5) is 23.8. The lowest BCUT2D eigenvalue weighted by Gasteiger charge is -2.14. The maximum atomic E-state index is 11.9. The van der Waals surface area contributed by atoms with Crippen LogP contribution in [0.25, 0.3) is 0 Å². The van der Waals surface area contributed by atoms with E-state index in [0.717, 1.165) is 0 Å². The van der Waals surface area contributed by atoms with Crippen LogP contribution in [-0.2, 0) is 0 Å². The average molecular weight is 324 g/mol. The fraction of sp³-hybridized carbons (Fsp3) is 0.231. The van der Waals surface area contributed by atoms with Crippen molar-refractivity contribution in [1.82, 2.24) is 10.6 Å². The Balaban J connectivity index is 1.84. The van der Waals surface area contributed by atoms with Crippen LogP contribution < -0.4 is 22.1 Å². The number of nitrogens with one attached hydrogen (secondary N) is 2. The quantitative estimate of drug-likeness (QED) is 0.668. The summed E-state index contributed by atoms with van der Waals surface area (Å²) in [7, 11) is 0. The second-order valence-corrected chi connectivity index (χ2v) is 6.38. The Labute approximate surface area is 130 Å². The van der Waals surface area contributed by atoms with Crippen molar-refractivity contribution in [2.45, 2.75) is 13.0 Å². The first-order chi connectivity index (χ1) is 9.99. The molecule has 0 aliphatic rings. The molecule has 2 amide bonds. The third-order valence-corrected chi connectivity index (χ3v) is 4.32. The number of anilines is 2. The summed E-state index contributed by atoms with van der Waals surface area (Å²) in [6.45, 7) is 2.11. The highest BCUT2D eigenvalue weighted by Crippen LogP contribution is 2.19. The summed E-state index contributed by atoms with van der Waals surface area (Å²) >= 11 is 2.62. The molecule has 0 fully saturated rings. The standard InChI is InChI=1S/C13H16N4O2S2/c1-7(17-13(19)9-3-5-21-11(9)15)6-16-12(18)8-2-4-20-10(8)14/h2-5,7H,6,14-15H2,1H3,(H,16,18)(H,17,19)/t7-/m1/s1. The molecular weight excluding hydrogens is 308 g/mol. The van der Waals surface area contributed by atoms with Crippen LogP contribution in [0.15, 0.2) is 22.9 Å². The Bertz CT molecular complexity index is 650. The van der Waals surface area contributed by atoms with Crippen molar-refractivity contribution in [3.05, 3.63) is 34.0 Å². The fourth-order valence-electron chi connectivity index (χ4n) is 1.71. The van der Waals surface area contributed by atoms with Crippen molar-refractivity contribution >= 4 is 44.5 Å². The van der Waals surface area contributed by atoms with E-state index in [1.165, 1.54) is 22.7 Å². The van der Waals surface area contributed by atoms with Crippen LogP contribution in [0.5, 0.6) is 0 Å². The highest BCUT2D eigenvalue weighted by atomic mass is 32.1. The highest BCUT2D eigenvalue weighted by Gasteiger charge is 2.15. The number of carbonyl (C=O) groups is 2. The molecule has 2 heterocycles. The van der Waals surface area contributed by atoms with Gasteiger partial charge in [0.05, 0.1) is 21.1 Å². The number of nitrogens with two attached hydrogens (primary N) is 2. The summed E-state index contributed by atoms with van der Waals surface area (Å²) in [5, 5.41) is 10.00. The fourth-order valence-corrected chi connectivity index (χ4v) is 2.99. The lowest BCUT2D eigenvalue weighted by molar-refractivity contribution is 0.0913. The molecule has 0 saturated carbocycles. The Morgan fingerprint density at radius 3 is 2.10 bits per heavy atom. The minimum atomic E-state index is -0.245. The first-order valence-electron chi connectivity index (χ1n) is 6.24. The molecule has 0 aliphatic heterocycles. The lowest BCUT2D eigenvalue weighted by Crippen LogP contribution is -2.41. The average Bonchev–Trinajstić information content (AvgIpc) is 3.04. The summed E-state index contributed by atoms with van der Waals surface area (Å²) in [6.07, 6.45) is 0. The van der Waals surface area contributed by atoms with Gasteiger partial charge >= 0.3 is 0 Å². The predicted octanol–water partition coefficient (Wildman–Crippen LogP) is 1.52. The Morgan fingerprint density at radius 2 is 1.62 bits per heavy atom. The number of hydrogen-bond donors (Lipinski definition) is 4. The molecule has 0 aliphatic carbocycles. The van der Waals surface area contributed by atoms with Gasteiger partial charge in [0, 0.05) is 12.6 Å². The van der Waals surface area contributed by atoms with E-state index in [0.29, 0.717) is 27.7 Å². The second kappa shape index (κ2) is 6.59. The maximum Gasteiger partial charge on any atom is 0.254 e. The first kappa shape index (κ1) is 15.3. The van der Waals surface area contributed by atoms with Crippen LogP contribution in [0.1, 0.15) is 27.6 Å². The van der Waals surface area contributed by atoms with Crippen LogP contribution in [0, 0.1) is 0 Å². The van der Waals surface area contributed by atoms with E-state index in [2.05, 4.69) is 10.6 Å². The summed E-state index contributed by atoms with van der Waals surface area (Å²) in [5.41, 5.74) is 12.3. The first-order valence-corrected chi connectivity index (χ1v) is 8.00. The van der Waals surface area contributed by atoms with E-state index < -0.39 is 0 Å². The molecule has 0 aromatic carbocycles. The Kier molecular flexibility index (Phi) is 4.81. The zero-order valence-corrected chi connectivity index (χ0v) is 13.0. The largest absolute Gasteiger partial charge is 0.390 e. The maximum absolute atomic E-state index is 11.9. The molecule has 0 radical (unpaired) electrons. The van der Waals surface area contributed by atoms with E-state index in [1.54, 1.807) is 29.8 Å². The van der Waals surface area contributed by atoms with Crippen molar-refractivity contribution in [2.75, 3.05) is 18.0 Å². The third kappa shape index (κ3) is 3.73. The normalized spacial score (nSPS) is 11.9. The number of thiophene rings is 2. The summed E-state index contributed by atoms with van der Waals surface area (Å²) in [5.74, 6) is -0.490. The predicted molar refractivity (Wildman–Crippen MR) is 86.7 cm³/mol. The van der Waals surface area contributed by atoms with Gasteiger partial charge in [0.2, 0.25) is 0 Å². The smallest absolute Gasteiger partial charge is 0.254 e. The van der Waals surface area contributed by atoms with Gasteiger partial charge in [-0.3, -0.25) is 9.59 Å². The molecule has 6 nitrogen and oxygen atoms in total. The Morgan fingerprint density at radius 1 is 1.10 bits per heavy atom. The van der Waals surface area contributed by atoms with Crippen LogP contribution in [-0.4, -0.2) is 24.4 Å². The molecule has 0 bridgehead atoms. The lowest BCUT2D eigenvalue weighted by atomic mass is 10.2. The van der Waals surface area contributed by atoms with E-state index in [9.17, 15) is 9.59 Å². The van der Waals surface area contributed by atoms with E-state index in [1.807, 2.05) is 0 Å². The minimum absolute atomic E-state index is 0.222. The molecule has 6 N–H and O–H groups in total. The second-order valence-electron chi connectivity index (χ2n) is 4.48. The van der Waals surface area contributed by atoms with Crippen LogP contribution in [0.2, 0.25) is 0 Å². The van der Waals surface area contributed by atoms with Gasteiger partial charge in [-0.25, -0.2) is 0 Å². The van der Waals surface area contributed by atoms with Crippen molar-refractivity contribution in [2.24, 2.45) is 0 Å². The minimum Gasteiger partial charge on any atom is -0.390 e. The van der Waals surface area contributed by atoms with Gasteiger partial charge in [0.1, 0.15) is 0 Å². The zero-order chi connectivity index (χ0) is 15.4. The summed E-state index contributed by atoms with van der Waals surface area (Å²) in [6, 6.07) is 3.12. The van der Waals surface area contributed by atoms with Gasteiger partial charge in [-0.2, -0.15) is 0 Å². The van der Waals surface area contributed by atoms with E-state index in [4.69, 9.17) is 11.5 Å². The topological polar surface area (TPSA) is 110 Å².